The van der Waals surface area contributed by atoms with Gasteiger partial charge in [-0.05, 0) is 69.2 Å². The zero-order valence-corrected chi connectivity index (χ0v) is 21.3. The van der Waals surface area contributed by atoms with Gasteiger partial charge < -0.3 is 4.57 Å². The normalized spacial score (nSPS) is 11.6. The van der Waals surface area contributed by atoms with Crippen LogP contribution in [0.4, 0.5) is 0 Å². The molecule has 0 aliphatic rings. The Morgan fingerprint density at radius 3 is 1.92 bits per heavy atom. The Bertz CT molecular complexity index is 2160. The van der Waals surface area contributed by atoms with Gasteiger partial charge in [0.05, 0.1) is 11.0 Å². The number of para-hydroxylation sites is 1. The first-order valence-corrected chi connectivity index (χ1v) is 13.3. The fourth-order valence-electron chi connectivity index (χ4n) is 5.94. The van der Waals surface area contributed by atoms with Crippen LogP contribution in [-0.4, -0.2) is 9.55 Å². The van der Waals surface area contributed by atoms with Crippen LogP contribution in [0.2, 0.25) is 0 Å². The van der Waals surface area contributed by atoms with E-state index < -0.39 is 0 Å². The largest absolute Gasteiger partial charge is 0.309 e. The van der Waals surface area contributed by atoms with Crippen molar-refractivity contribution < 1.29 is 0 Å². The van der Waals surface area contributed by atoms with Crippen molar-refractivity contribution in [3.05, 3.63) is 146 Å². The molecule has 0 N–H and O–H groups in total. The molecule has 182 valence electrons. The maximum absolute atomic E-state index is 4.35. The molecule has 39 heavy (non-hydrogen) atoms. The number of hydrogen-bond acceptors (Lipinski definition) is 1. The third-order valence-corrected chi connectivity index (χ3v) is 7.84. The highest BCUT2D eigenvalue weighted by Crippen LogP contribution is 2.39. The number of fused-ring (bicyclic) bond motifs is 6. The summed E-state index contributed by atoms with van der Waals surface area (Å²) >= 11 is 0. The average Bonchev–Trinajstić information content (AvgIpc) is 3.35. The molecule has 6 aromatic carbocycles. The van der Waals surface area contributed by atoms with Crippen LogP contribution in [0.25, 0.3) is 71.3 Å². The average molecular weight is 497 g/mol. The van der Waals surface area contributed by atoms with E-state index in [9.17, 15) is 0 Å². The van der Waals surface area contributed by atoms with Gasteiger partial charge in [0.15, 0.2) is 0 Å². The van der Waals surface area contributed by atoms with E-state index in [1.165, 1.54) is 60.0 Å². The maximum atomic E-state index is 4.35. The standard InChI is InChI=1S/C37H24N2/c1-2-10-32(11-3-1)39-36-23-29(31-9-6-20-38-24-31)15-18-34(36)35-19-16-30-22-28(14-17-33(30)37(35)39)27-13-12-25-7-4-5-8-26(25)21-27/h1-24H. The third-order valence-electron chi connectivity index (χ3n) is 7.84. The number of aromatic nitrogens is 2. The van der Waals surface area contributed by atoms with Crippen LogP contribution in [0.15, 0.2) is 146 Å². The highest BCUT2D eigenvalue weighted by Gasteiger charge is 2.16. The van der Waals surface area contributed by atoms with E-state index in [1.807, 2.05) is 18.5 Å². The van der Waals surface area contributed by atoms with Crippen LogP contribution in [0.5, 0.6) is 0 Å². The topological polar surface area (TPSA) is 17.8 Å². The SMILES string of the molecule is c1ccc(-n2c3cc(-c4cccnc4)ccc3c3ccc4cc(-c5ccc6ccccc6c5)ccc4c32)cc1. The Morgan fingerprint density at radius 2 is 1.10 bits per heavy atom. The molecular formula is C37H24N2. The molecule has 0 saturated carbocycles. The molecule has 2 nitrogen and oxygen atoms in total. The van der Waals surface area contributed by atoms with E-state index in [0.29, 0.717) is 0 Å². The second-order valence-corrected chi connectivity index (χ2v) is 10.1. The Kier molecular flexibility index (Phi) is 4.86. The fourth-order valence-corrected chi connectivity index (χ4v) is 5.94. The van der Waals surface area contributed by atoms with Crippen LogP contribution >= 0.6 is 0 Å². The lowest BCUT2D eigenvalue weighted by molar-refractivity contribution is 1.19. The molecular weight excluding hydrogens is 472 g/mol. The monoisotopic (exact) mass is 496 g/mol. The van der Waals surface area contributed by atoms with Crippen molar-refractivity contribution in [3.8, 4) is 27.9 Å². The molecule has 0 aliphatic carbocycles. The van der Waals surface area contributed by atoms with E-state index in [-0.39, 0.29) is 0 Å². The number of rotatable bonds is 3. The molecule has 0 amide bonds. The second kappa shape index (κ2) is 8.68. The van der Waals surface area contributed by atoms with Gasteiger partial charge in [0.25, 0.3) is 0 Å². The molecule has 8 rings (SSSR count). The Balaban J connectivity index is 1.40. The molecule has 0 unspecified atom stereocenters. The van der Waals surface area contributed by atoms with E-state index >= 15 is 0 Å². The molecule has 0 atom stereocenters. The second-order valence-electron chi connectivity index (χ2n) is 10.1. The predicted molar refractivity (Wildman–Crippen MR) is 164 cm³/mol. The van der Waals surface area contributed by atoms with Crippen molar-refractivity contribution in [2.24, 2.45) is 0 Å². The summed E-state index contributed by atoms with van der Waals surface area (Å²) in [7, 11) is 0. The first-order valence-electron chi connectivity index (χ1n) is 13.3. The van der Waals surface area contributed by atoms with E-state index in [1.54, 1.807) is 0 Å². The van der Waals surface area contributed by atoms with Gasteiger partial charge in [-0.2, -0.15) is 0 Å². The molecule has 8 aromatic rings. The fraction of sp³-hybridized carbons (Fsp3) is 0. The smallest absolute Gasteiger partial charge is 0.0619 e. The molecule has 0 saturated heterocycles. The van der Waals surface area contributed by atoms with Gasteiger partial charge in [-0.15, -0.1) is 0 Å². The van der Waals surface area contributed by atoms with Gasteiger partial charge in [-0.1, -0.05) is 97.1 Å². The van der Waals surface area contributed by atoms with Crippen LogP contribution in [-0.2, 0) is 0 Å². The summed E-state index contributed by atoms with van der Waals surface area (Å²) in [5.41, 5.74) is 8.35. The first kappa shape index (κ1) is 21.8. The van der Waals surface area contributed by atoms with Crippen molar-refractivity contribution in [1.29, 1.82) is 0 Å². The highest BCUT2D eigenvalue weighted by atomic mass is 15.0. The Hall–Kier alpha value is -5.21. The summed E-state index contributed by atoms with van der Waals surface area (Å²) in [5.74, 6) is 0. The highest BCUT2D eigenvalue weighted by molar-refractivity contribution is 6.19. The quantitative estimate of drug-likeness (QED) is 0.238. The molecule has 0 aliphatic heterocycles. The van der Waals surface area contributed by atoms with Crippen molar-refractivity contribution in [2.75, 3.05) is 0 Å². The summed E-state index contributed by atoms with van der Waals surface area (Å²) < 4.78 is 2.42. The van der Waals surface area contributed by atoms with Crippen LogP contribution in [0, 0.1) is 0 Å². The molecule has 2 aromatic heterocycles. The van der Waals surface area contributed by atoms with Gasteiger partial charge in [-0.25, -0.2) is 0 Å². The van der Waals surface area contributed by atoms with E-state index in [0.717, 1.165) is 11.3 Å². The summed E-state index contributed by atoms with van der Waals surface area (Å²) in [6, 6.07) is 48.3. The first-order chi connectivity index (χ1) is 19.3. The van der Waals surface area contributed by atoms with Crippen molar-refractivity contribution >= 4 is 43.4 Å². The van der Waals surface area contributed by atoms with E-state index in [2.05, 4.69) is 137 Å². The Labute approximate surface area is 226 Å². The van der Waals surface area contributed by atoms with Gasteiger partial charge >= 0.3 is 0 Å². The van der Waals surface area contributed by atoms with Gasteiger partial charge in [-0.3, -0.25) is 4.98 Å². The summed E-state index contributed by atoms with van der Waals surface area (Å²) in [6.07, 6.45) is 3.75. The van der Waals surface area contributed by atoms with Crippen LogP contribution in [0.1, 0.15) is 0 Å². The van der Waals surface area contributed by atoms with Crippen molar-refractivity contribution in [2.45, 2.75) is 0 Å². The van der Waals surface area contributed by atoms with Crippen LogP contribution in [0.3, 0.4) is 0 Å². The Morgan fingerprint density at radius 1 is 0.436 bits per heavy atom. The maximum Gasteiger partial charge on any atom is 0.0619 e. The minimum Gasteiger partial charge on any atom is -0.309 e. The zero-order valence-electron chi connectivity index (χ0n) is 21.3. The molecule has 2 heterocycles. The van der Waals surface area contributed by atoms with Crippen molar-refractivity contribution in [3.63, 3.8) is 0 Å². The number of nitrogens with zero attached hydrogens (tertiary/aromatic N) is 2. The number of pyridine rings is 1. The van der Waals surface area contributed by atoms with Gasteiger partial charge in [0.2, 0.25) is 0 Å². The summed E-state index contributed by atoms with van der Waals surface area (Å²) in [6.45, 7) is 0. The lowest BCUT2D eigenvalue weighted by Gasteiger charge is -2.11. The third kappa shape index (κ3) is 3.53. The van der Waals surface area contributed by atoms with Crippen LogP contribution < -0.4 is 0 Å². The summed E-state index contributed by atoms with van der Waals surface area (Å²) in [5, 5.41) is 7.53. The number of benzene rings is 6. The minimum absolute atomic E-state index is 1.12. The molecule has 0 fully saturated rings. The van der Waals surface area contributed by atoms with Gasteiger partial charge in [0, 0.05) is 39.8 Å². The minimum atomic E-state index is 1.12. The summed E-state index contributed by atoms with van der Waals surface area (Å²) in [4.78, 5) is 4.35. The van der Waals surface area contributed by atoms with E-state index in [4.69, 9.17) is 0 Å². The molecule has 0 spiro atoms. The molecule has 2 heteroatoms. The lowest BCUT2D eigenvalue weighted by Crippen LogP contribution is -1.94. The van der Waals surface area contributed by atoms with Gasteiger partial charge in [0.1, 0.15) is 0 Å². The molecule has 0 radical (unpaired) electrons. The lowest BCUT2D eigenvalue weighted by atomic mass is 9.97. The number of hydrogen-bond donors (Lipinski definition) is 0. The molecule has 0 bridgehead atoms. The zero-order chi connectivity index (χ0) is 25.8. The van der Waals surface area contributed by atoms with Crippen molar-refractivity contribution in [1.82, 2.24) is 9.55 Å². The predicted octanol–water partition coefficient (Wildman–Crippen LogP) is 9.82.